The van der Waals surface area contributed by atoms with Crippen molar-refractivity contribution in [2.45, 2.75) is 19.0 Å². The van der Waals surface area contributed by atoms with E-state index < -0.39 is 0 Å². The molecule has 1 aliphatic heterocycles. The van der Waals surface area contributed by atoms with E-state index in [4.69, 9.17) is 4.52 Å². The molecule has 0 spiro atoms. The van der Waals surface area contributed by atoms with Crippen LogP contribution in [-0.4, -0.2) is 37.9 Å². The predicted molar refractivity (Wildman–Crippen MR) is 63.3 cm³/mol. The van der Waals surface area contributed by atoms with Crippen molar-refractivity contribution in [3.8, 4) is 0 Å². The van der Waals surface area contributed by atoms with E-state index in [2.05, 4.69) is 43.0 Å². The number of nitrogens with zero attached hydrogens (tertiary/aromatic N) is 5. The third kappa shape index (κ3) is 2.00. The zero-order valence-corrected chi connectivity index (χ0v) is 10.9. The first-order valence-electron chi connectivity index (χ1n) is 5.44. The van der Waals surface area contributed by atoms with Gasteiger partial charge in [-0.3, -0.25) is 9.58 Å². The van der Waals surface area contributed by atoms with Crippen LogP contribution in [0.5, 0.6) is 0 Å². The average molecular weight is 298 g/mol. The lowest BCUT2D eigenvalue weighted by Gasteiger charge is -2.41. The van der Waals surface area contributed by atoms with Gasteiger partial charge in [-0.15, -0.1) is 0 Å². The zero-order chi connectivity index (χ0) is 11.8. The molecule has 0 radical (unpaired) electrons. The van der Waals surface area contributed by atoms with Crippen LogP contribution in [0.1, 0.15) is 24.9 Å². The average Bonchev–Trinajstić information content (AvgIpc) is 2.86. The Hall–Kier alpha value is -1.21. The largest absolute Gasteiger partial charge is 0.338 e. The molecular weight excluding hydrogens is 286 g/mol. The number of hydrogen-bond acceptors (Lipinski definition) is 5. The molecule has 90 valence electrons. The summed E-state index contributed by atoms with van der Waals surface area (Å²) in [7, 11) is 0. The Labute approximate surface area is 107 Å². The minimum atomic E-state index is 0.174. The molecule has 1 saturated heterocycles. The first-order valence-corrected chi connectivity index (χ1v) is 6.23. The lowest BCUT2D eigenvalue weighted by Crippen LogP contribution is -2.48. The molecule has 17 heavy (non-hydrogen) atoms. The first-order chi connectivity index (χ1) is 8.24. The van der Waals surface area contributed by atoms with Crippen LogP contribution >= 0.6 is 15.9 Å². The monoisotopic (exact) mass is 297 g/mol. The maximum absolute atomic E-state index is 5.06. The summed E-state index contributed by atoms with van der Waals surface area (Å²) in [5.74, 6) is 0.671. The van der Waals surface area contributed by atoms with Gasteiger partial charge >= 0.3 is 0 Å². The Morgan fingerprint density at radius 2 is 2.35 bits per heavy atom. The molecule has 0 saturated carbocycles. The fourth-order valence-electron chi connectivity index (χ4n) is 2.01. The Morgan fingerprint density at radius 1 is 1.53 bits per heavy atom. The van der Waals surface area contributed by atoms with Crippen LogP contribution in [0.25, 0.3) is 0 Å². The van der Waals surface area contributed by atoms with Crippen molar-refractivity contribution in [2.75, 3.05) is 13.1 Å². The van der Waals surface area contributed by atoms with E-state index in [1.807, 2.05) is 17.1 Å². The highest BCUT2D eigenvalue weighted by atomic mass is 79.9. The van der Waals surface area contributed by atoms with Crippen molar-refractivity contribution in [3.05, 3.63) is 29.1 Å². The molecular formula is C10H12BrN5O. The van der Waals surface area contributed by atoms with Gasteiger partial charge in [-0.25, -0.2) is 0 Å². The van der Waals surface area contributed by atoms with Crippen molar-refractivity contribution in [1.29, 1.82) is 0 Å². The molecule has 3 rings (SSSR count). The standard InChI is InChI=1S/C10H12BrN5O/c1-7(10-12-6-14-17-10)15-4-9(5-15)16-3-8(11)2-13-16/h2-3,6-7,9H,4-5H2,1H3. The van der Waals surface area contributed by atoms with Crippen LogP contribution in [0.4, 0.5) is 0 Å². The number of aromatic nitrogens is 4. The van der Waals surface area contributed by atoms with Crippen LogP contribution in [-0.2, 0) is 0 Å². The number of halogens is 1. The topological polar surface area (TPSA) is 60.0 Å². The zero-order valence-electron chi connectivity index (χ0n) is 9.32. The number of rotatable bonds is 3. The SMILES string of the molecule is CC(c1ncno1)N1CC(n2cc(Br)cn2)C1. The lowest BCUT2D eigenvalue weighted by atomic mass is 10.1. The maximum Gasteiger partial charge on any atom is 0.243 e. The summed E-state index contributed by atoms with van der Waals surface area (Å²) in [4.78, 5) is 6.36. The van der Waals surface area contributed by atoms with Gasteiger partial charge in [0.05, 0.1) is 22.8 Å². The van der Waals surface area contributed by atoms with Crippen molar-refractivity contribution in [2.24, 2.45) is 0 Å². The molecule has 1 atom stereocenters. The van der Waals surface area contributed by atoms with E-state index in [1.165, 1.54) is 6.33 Å². The Kier molecular flexibility index (Phi) is 2.71. The minimum absolute atomic E-state index is 0.174. The first kappa shape index (κ1) is 10.9. The van der Waals surface area contributed by atoms with Gasteiger partial charge in [0, 0.05) is 19.3 Å². The highest BCUT2D eigenvalue weighted by Gasteiger charge is 2.34. The van der Waals surface area contributed by atoms with Gasteiger partial charge in [-0.05, 0) is 22.9 Å². The van der Waals surface area contributed by atoms with E-state index in [-0.39, 0.29) is 6.04 Å². The maximum atomic E-state index is 5.06. The van der Waals surface area contributed by atoms with Crippen LogP contribution in [0, 0.1) is 0 Å². The molecule has 1 unspecified atom stereocenters. The molecule has 0 N–H and O–H groups in total. The normalized spacial score (nSPS) is 19.2. The van der Waals surface area contributed by atoms with Gasteiger partial charge in [0.25, 0.3) is 0 Å². The minimum Gasteiger partial charge on any atom is -0.338 e. The molecule has 1 aliphatic rings. The Bertz CT molecular complexity index is 491. The quantitative estimate of drug-likeness (QED) is 0.862. The van der Waals surface area contributed by atoms with E-state index in [0.717, 1.165) is 17.6 Å². The second-order valence-electron chi connectivity index (χ2n) is 4.20. The molecule has 0 aliphatic carbocycles. The molecule has 0 bridgehead atoms. The van der Waals surface area contributed by atoms with Gasteiger partial charge < -0.3 is 4.52 Å². The van der Waals surface area contributed by atoms with Gasteiger partial charge in [-0.1, -0.05) is 5.16 Å². The van der Waals surface area contributed by atoms with Gasteiger partial charge in [0.2, 0.25) is 5.89 Å². The fraction of sp³-hybridized carbons (Fsp3) is 0.500. The Balaban J connectivity index is 1.61. The summed E-state index contributed by atoms with van der Waals surface area (Å²) < 4.78 is 8.07. The fourth-order valence-corrected chi connectivity index (χ4v) is 2.31. The molecule has 3 heterocycles. The number of hydrogen-bond donors (Lipinski definition) is 0. The van der Waals surface area contributed by atoms with Crippen molar-refractivity contribution in [1.82, 2.24) is 24.8 Å². The molecule has 7 heteroatoms. The molecule has 0 aromatic carbocycles. The highest BCUT2D eigenvalue weighted by Crippen LogP contribution is 2.30. The second kappa shape index (κ2) is 4.23. The van der Waals surface area contributed by atoms with Crippen LogP contribution < -0.4 is 0 Å². The Morgan fingerprint density at radius 3 is 2.94 bits per heavy atom. The van der Waals surface area contributed by atoms with Crippen LogP contribution in [0.15, 0.2) is 27.7 Å². The van der Waals surface area contributed by atoms with Gasteiger partial charge in [0.1, 0.15) is 0 Å². The summed E-state index contributed by atoms with van der Waals surface area (Å²) in [5.41, 5.74) is 0. The third-order valence-electron chi connectivity index (χ3n) is 3.12. The molecule has 6 nitrogen and oxygen atoms in total. The molecule has 2 aromatic rings. The predicted octanol–water partition coefficient (Wildman–Crippen LogP) is 1.65. The summed E-state index contributed by atoms with van der Waals surface area (Å²) in [6.45, 7) is 3.98. The highest BCUT2D eigenvalue weighted by molar-refractivity contribution is 9.10. The smallest absolute Gasteiger partial charge is 0.243 e. The van der Waals surface area contributed by atoms with Gasteiger partial charge in [0.15, 0.2) is 6.33 Å². The van der Waals surface area contributed by atoms with Crippen LogP contribution in [0.3, 0.4) is 0 Å². The van der Waals surface area contributed by atoms with Gasteiger partial charge in [-0.2, -0.15) is 10.1 Å². The molecule has 0 amide bonds. The van der Waals surface area contributed by atoms with Crippen molar-refractivity contribution < 1.29 is 4.52 Å². The second-order valence-corrected chi connectivity index (χ2v) is 5.12. The van der Waals surface area contributed by atoms with Crippen LogP contribution in [0.2, 0.25) is 0 Å². The van der Waals surface area contributed by atoms with Crippen molar-refractivity contribution >= 4 is 15.9 Å². The van der Waals surface area contributed by atoms with E-state index >= 15 is 0 Å². The van der Waals surface area contributed by atoms with E-state index in [9.17, 15) is 0 Å². The summed E-state index contributed by atoms with van der Waals surface area (Å²) in [6.07, 6.45) is 5.25. The number of likely N-dealkylation sites (tertiary alicyclic amines) is 1. The van der Waals surface area contributed by atoms with Crippen molar-refractivity contribution in [3.63, 3.8) is 0 Å². The van der Waals surface area contributed by atoms with E-state index in [0.29, 0.717) is 11.9 Å². The molecule has 1 fully saturated rings. The summed E-state index contributed by atoms with van der Waals surface area (Å²) in [6, 6.07) is 0.611. The lowest BCUT2D eigenvalue weighted by molar-refractivity contribution is 0.0456. The summed E-state index contributed by atoms with van der Waals surface area (Å²) >= 11 is 3.40. The third-order valence-corrected chi connectivity index (χ3v) is 3.53. The van der Waals surface area contributed by atoms with E-state index in [1.54, 1.807) is 0 Å². The summed E-state index contributed by atoms with van der Waals surface area (Å²) in [5, 5.41) is 7.91. The molecule has 2 aromatic heterocycles.